The van der Waals surface area contributed by atoms with Crippen LogP contribution in [-0.2, 0) is 0 Å². The molecule has 2 aliphatic rings. The fraction of sp³-hybridized carbons (Fsp3) is 0.200. The van der Waals surface area contributed by atoms with E-state index in [1.807, 2.05) is 18.2 Å². The standard InChI is InChI=1S/C15H15N3O/c1-8(2)11-5-10(17)7-14-15(11)18-12-4-3-9(16)6-13(12)19-14/h3-8,17H,16H2,1-2H3. The first-order valence-corrected chi connectivity index (χ1v) is 6.23. The molecule has 1 aromatic rings. The van der Waals surface area contributed by atoms with Crippen LogP contribution >= 0.6 is 0 Å². The molecule has 3 rings (SSSR count). The van der Waals surface area contributed by atoms with Gasteiger partial charge in [-0.25, -0.2) is 4.98 Å². The van der Waals surface area contributed by atoms with Gasteiger partial charge in [0, 0.05) is 17.8 Å². The molecule has 0 atom stereocenters. The molecule has 1 aliphatic heterocycles. The zero-order valence-electron chi connectivity index (χ0n) is 10.9. The Hall–Kier alpha value is -2.36. The highest BCUT2D eigenvalue weighted by atomic mass is 16.3. The second kappa shape index (κ2) is 4.09. The number of aromatic nitrogens is 1. The second-order valence-corrected chi connectivity index (χ2v) is 5.01. The van der Waals surface area contributed by atoms with Crippen LogP contribution in [0.5, 0.6) is 0 Å². The largest absolute Gasteiger partial charge is 0.453 e. The van der Waals surface area contributed by atoms with E-state index >= 15 is 0 Å². The third-order valence-electron chi connectivity index (χ3n) is 3.16. The van der Waals surface area contributed by atoms with E-state index in [2.05, 4.69) is 18.8 Å². The Labute approximate surface area is 110 Å². The number of nitrogens with zero attached hydrogens (tertiary/aromatic N) is 1. The smallest absolute Gasteiger partial charge is 0.155 e. The molecular formula is C15H15N3O. The molecule has 0 bridgehead atoms. The van der Waals surface area contributed by atoms with Crippen LogP contribution in [0.3, 0.4) is 0 Å². The molecule has 4 heteroatoms. The van der Waals surface area contributed by atoms with Crippen LogP contribution in [0, 0.1) is 5.41 Å². The minimum atomic E-state index is 0.293. The van der Waals surface area contributed by atoms with Crippen molar-refractivity contribution in [3.05, 3.63) is 41.3 Å². The van der Waals surface area contributed by atoms with Gasteiger partial charge in [0.2, 0.25) is 0 Å². The highest BCUT2D eigenvalue weighted by molar-refractivity contribution is 5.80. The van der Waals surface area contributed by atoms with Crippen LogP contribution in [-0.4, -0.2) is 4.98 Å². The number of fused-ring (bicyclic) bond motifs is 2. The predicted molar refractivity (Wildman–Crippen MR) is 75.0 cm³/mol. The third-order valence-corrected chi connectivity index (χ3v) is 3.16. The Kier molecular flexibility index (Phi) is 2.52. The van der Waals surface area contributed by atoms with Crippen LogP contribution in [0.4, 0.5) is 5.69 Å². The molecular weight excluding hydrogens is 238 g/mol. The molecule has 0 spiro atoms. The minimum Gasteiger partial charge on any atom is -0.453 e. The van der Waals surface area contributed by atoms with E-state index in [9.17, 15) is 0 Å². The maximum Gasteiger partial charge on any atom is 0.155 e. The summed E-state index contributed by atoms with van der Waals surface area (Å²) in [5, 5.41) is 8.28. The summed E-state index contributed by atoms with van der Waals surface area (Å²) in [4.78, 5) is 4.65. The quantitative estimate of drug-likeness (QED) is 0.516. The van der Waals surface area contributed by atoms with Gasteiger partial charge in [0.1, 0.15) is 11.2 Å². The van der Waals surface area contributed by atoms with Gasteiger partial charge in [0.15, 0.2) is 11.3 Å². The molecule has 0 amide bonds. The average molecular weight is 253 g/mol. The summed E-state index contributed by atoms with van der Waals surface area (Å²) < 4.78 is 5.84. The van der Waals surface area contributed by atoms with Gasteiger partial charge in [-0.05, 0) is 29.7 Å². The zero-order valence-corrected chi connectivity index (χ0v) is 10.9. The summed E-state index contributed by atoms with van der Waals surface area (Å²) in [6.45, 7) is 4.17. The third kappa shape index (κ3) is 1.95. The van der Waals surface area contributed by atoms with Gasteiger partial charge in [0.25, 0.3) is 0 Å². The van der Waals surface area contributed by atoms with E-state index in [0.29, 0.717) is 28.3 Å². The zero-order chi connectivity index (χ0) is 13.6. The lowest BCUT2D eigenvalue weighted by atomic mass is 9.98. The maximum absolute atomic E-state index is 7.85. The van der Waals surface area contributed by atoms with Crippen molar-refractivity contribution >= 4 is 16.8 Å². The molecule has 3 N–H and O–H groups in total. The Morgan fingerprint density at radius 1 is 1.21 bits per heavy atom. The van der Waals surface area contributed by atoms with Gasteiger partial charge in [-0.1, -0.05) is 13.8 Å². The first-order chi connectivity index (χ1) is 9.04. The monoisotopic (exact) mass is 253 g/mol. The summed E-state index contributed by atoms with van der Waals surface area (Å²) in [6.07, 6.45) is 0. The molecule has 4 nitrogen and oxygen atoms in total. The summed E-state index contributed by atoms with van der Waals surface area (Å²) in [7, 11) is 0. The normalized spacial score (nSPS) is 11.5. The number of hydrogen-bond donors (Lipinski definition) is 2. The lowest BCUT2D eigenvalue weighted by Gasteiger charge is -2.13. The fourth-order valence-corrected chi connectivity index (χ4v) is 2.21. The van der Waals surface area contributed by atoms with E-state index in [-0.39, 0.29) is 0 Å². The van der Waals surface area contributed by atoms with E-state index in [1.54, 1.807) is 12.1 Å². The summed E-state index contributed by atoms with van der Waals surface area (Å²) in [5.41, 5.74) is 9.67. The van der Waals surface area contributed by atoms with Crippen molar-refractivity contribution in [1.82, 2.24) is 4.98 Å². The van der Waals surface area contributed by atoms with Crippen molar-refractivity contribution < 1.29 is 4.42 Å². The van der Waals surface area contributed by atoms with E-state index < -0.39 is 0 Å². The molecule has 0 radical (unpaired) electrons. The first-order valence-electron chi connectivity index (χ1n) is 6.23. The number of benzene rings is 2. The van der Waals surface area contributed by atoms with Gasteiger partial charge in [-0.15, -0.1) is 0 Å². The second-order valence-electron chi connectivity index (χ2n) is 5.01. The molecule has 19 heavy (non-hydrogen) atoms. The van der Waals surface area contributed by atoms with Crippen LogP contribution in [0.25, 0.3) is 22.6 Å². The number of nitrogen functional groups attached to an aromatic ring is 1. The molecule has 0 fully saturated rings. The van der Waals surface area contributed by atoms with E-state index in [4.69, 9.17) is 15.6 Å². The lowest BCUT2D eigenvalue weighted by Crippen LogP contribution is -2.07. The minimum absolute atomic E-state index is 0.293. The summed E-state index contributed by atoms with van der Waals surface area (Å²) in [5.74, 6) is 0.927. The number of nitrogens with one attached hydrogen (secondary N) is 1. The molecule has 96 valence electrons. The first kappa shape index (κ1) is 11.7. The highest BCUT2D eigenvalue weighted by Gasteiger charge is 2.16. The Morgan fingerprint density at radius 3 is 2.74 bits per heavy atom. The van der Waals surface area contributed by atoms with Gasteiger partial charge in [-0.3, -0.25) is 0 Å². The number of anilines is 1. The summed E-state index contributed by atoms with van der Waals surface area (Å²) in [6, 6.07) is 8.96. The number of rotatable bonds is 1. The predicted octanol–water partition coefficient (Wildman–Crippen LogP) is 3.12. The van der Waals surface area contributed by atoms with Gasteiger partial charge in [0.05, 0.1) is 5.36 Å². The van der Waals surface area contributed by atoms with Crippen LogP contribution in [0.2, 0.25) is 0 Å². The number of hydrogen-bond acceptors (Lipinski definition) is 4. The van der Waals surface area contributed by atoms with E-state index in [1.165, 1.54) is 0 Å². The van der Waals surface area contributed by atoms with Crippen molar-refractivity contribution in [2.24, 2.45) is 0 Å². The lowest BCUT2D eigenvalue weighted by molar-refractivity contribution is 0.609. The molecule has 0 saturated heterocycles. The SMILES string of the molecule is CC(C)c1cc(=N)cc2oc3cc(N)ccc3nc1-2. The summed E-state index contributed by atoms with van der Waals surface area (Å²) >= 11 is 0. The Bertz CT molecular complexity index is 789. The Balaban J connectivity index is 2.43. The van der Waals surface area contributed by atoms with Crippen molar-refractivity contribution in [1.29, 1.82) is 5.41 Å². The molecule has 1 aromatic carbocycles. The van der Waals surface area contributed by atoms with Gasteiger partial charge < -0.3 is 15.6 Å². The average Bonchev–Trinajstić information content (AvgIpc) is 2.35. The molecule has 0 saturated carbocycles. The molecule has 0 unspecified atom stereocenters. The molecule has 1 aliphatic carbocycles. The number of nitrogens with two attached hydrogens (primary N) is 1. The van der Waals surface area contributed by atoms with Crippen LogP contribution in [0.15, 0.2) is 34.7 Å². The molecule has 0 aromatic heterocycles. The van der Waals surface area contributed by atoms with Gasteiger partial charge in [-0.2, -0.15) is 0 Å². The maximum atomic E-state index is 7.85. The van der Waals surface area contributed by atoms with Crippen LogP contribution < -0.4 is 11.1 Å². The van der Waals surface area contributed by atoms with Crippen molar-refractivity contribution in [3.8, 4) is 11.5 Å². The van der Waals surface area contributed by atoms with Crippen molar-refractivity contribution in [3.63, 3.8) is 0 Å². The molecule has 1 heterocycles. The van der Waals surface area contributed by atoms with Crippen LogP contribution in [0.1, 0.15) is 25.3 Å². The topological polar surface area (TPSA) is 75.9 Å². The fourth-order valence-electron chi connectivity index (χ4n) is 2.21. The van der Waals surface area contributed by atoms with Gasteiger partial charge >= 0.3 is 0 Å². The Morgan fingerprint density at radius 2 is 2.00 bits per heavy atom. The van der Waals surface area contributed by atoms with Crippen molar-refractivity contribution in [2.45, 2.75) is 19.8 Å². The van der Waals surface area contributed by atoms with E-state index in [0.717, 1.165) is 16.8 Å². The highest BCUT2D eigenvalue weighted by Crippen LogP contribution is 2.30. The van der Waals surface area contributed by atoms with Crippen molar-refractivity contribution in [2.75, 3.05) is 5.73 Å².